The average Bonchev–Trinajstić information content (AvgIpc) is 2.84. The van der Waals surface area contributed by atoms with E-state index in [4.69, 9.17) is 16.3 Å². The highest BCUT2D eigenvalue weighted by Gasteiger charge is 2.23. The van der Waals surface area contributed by atoms with Crippen LogP contribution in [0.4, 0.5) is 11.4 Å². The van der Waals surface area contributed by atoms with Crippen molar-refractivity contribution in [3.8, 4) is 5.75 Å². The Hall–Kier alpha value is -3.51. The van der Waals surface area contributed by atoms with E-state index < -0.39 is 0 Å². The summed E-state index contributed by atoms with van der Waals surface area (Å²) < 4.78 is 5.67. The van der Waals surface area contributed by atoms with Crippen LogP contribution in [0.3, 0.4) is 0 Å². The monoisotopic (exact) mass is 463 g/mol. The van der Waals surface area contributed by atoms with Gasteiger partial charge < -0.3 is 19.9 Å². The number of benzene rings is 3. The van der Waals surface area contributed by atoms with Gasteiger partial charge in [-0.05, 0) is 55.0 Å². The predicted molar refractivity (Wildman–Crippen MR) is 131 cm³/mol. The van der Waals surface area contributed by atoms with Crippen LogP contribution in [-0.4, -0.2) is 49.5 Å². The molecule has 0 aromatic heterocycles. The van der Waals surface area contributed by atoms with Gasteiger partial charge in [0.15, 0.2) is 6.61 Å². The number of halogens is 1. The van der Waals surface area contributed by atoms with E-state index in [9.17, 15) is 9.59 Å². The van der Waals surface area contributed by atoms with Gasteiger partial charge in [-0.25, -0.2) is 0 Å². The zero-order chi connectivity index (χ0) is 23.2. The van der Waals surface area contributed by atoms with Crippen molar-refractivity contribution < 1.29 is 14.3 Å². The fourth-order valence-electron chi connectivity index (χ4n) is 3.83. The Kier molecular flexibility index (Phi) is 7.15. The summed E-state index contributed by atoms with van der Waals surface area (Å²) in [6.45, 7) is 4.42. The first-order valence-corrected chi connectivity index (χ1v) is 11.3. The molecule has 1 heterocycles. The van der Waals surface area contributed by atoms with E-state index in [1.165, 1.54) is 0 Å². The van der Waals surface area contributed by atoms with Crippen molar-refractivity contribution in [3.63, 3.8) is 0 Å². The van der Waals surface area contributed by atoms with Crippen LogP contribution in [0, 0.1) is 6.92 Å². The Morgan fingerprint density at radius 3 is 2.30 bits per heavy atom. The van der Waals surface area contributed by atoms with Crippen LogP contribution in [0.25, 0.3) is 0 Å². The molecule has 0 bridgehead atoms. The maximum atomic E-state index is 12.8. The van der Waals surface area contributed by atoms with Crippen LogP contribution in [0.15, 0.2) is 72.8 Å². The van der Waals surface area contributed by atoms with Gasteiger partial charge in [-0.15, -0.1) is 0 Å². The number of hydrogen-bond acceptors (Lipinski definition) is 4. The molecule has 0 saturated carbocycles. The summed E-state index contributed by atoms with van der Waals surface area (Å²) in [4.78, 5) is 29.3. The Morgan fingerprint density at radius 1 is 0.909 bits per heavy atom. The Labute approximate surface area is 198 Å². The van der Waals surface area contributed by atoms with Gasteiger partial charge in [0.05, 0.1) is 11.4 Å². The van der Waals surface area contributed by atoms with Gasteiger partial charge in [-0.1, -0.05) is 41.9 Å². The molecule has 0 unspecified atom stereocenters. The molecule has 2 amide bonds. The summed E-state index contributed by atoms with van der Waals surface area (Å²) in [5.74, 6) is 0.478. The highest BCUT2D eigenvalue weighted by atomic mass is 35.5. The third-order valence-electron chi connectivity index (χ3n) is 5.63. The highest BCUT2D eigenvalue weighted by molar-refractivity contribution is 6.30. The second-order valence-electron chi connectivity index (χ2n) is 7.91. The van der Waals surface area contributed by atoms with E-state index in [1.54, 1.807) is 24.3 Å². The minimum absolute atomic E-state index is 0.00117. The molecule has 6 nitrogen and oxygen atoms in total. The first-order valence-electron chi connectivity index (χ1n) is 10.9. The molecular weight excluding hydrogens is 438 g/mol. The second kappa shape index (κ2) is 10.4. The van der Waals surface area contributed by atoms with Gasteiger partial charge in [-0.3, -0.25) is 9.59 Å². The minimum Gasteiger partial charge on any atom is -0.483 e. The van der Waals surface area contributed by atoms with Gasteiger partial charge >= 0.3 is 0 Å². The third kappa shape index (κ3) is 5.65. The number of para-hydroxylation sites is 3. The lowest BCUT2D eigenvalue weighted by molar-refractivity contribution is -0.118. The Bertz CT molecular complexity index is 1130. The van der Waals surface area contributed by atoms with E-state index in [1.807, 2.05) is 60.4 Å². The van der Waals surface area contributed by atoms with Crippen molar-refractivity contribution in [1.29, 1.82) is 0 Å². The van der Waals surface area contributed by atoms with Crippen molar-refractivity contribution >= 4 is 34.8 Å². The molecule has 7 heteroatoms. The van der Waals surface area contributed by atoms with Crippen molar-refractivity contribution in [2.45, 2.75) is 6.92 Å². The van der Waals surface area contributed by atoms with Crippen LogP contribution >= 0.6 is 11.6 Å². The fraction of sp³-hybridized carbons (Fsp3) is 0.231. The van der Waals surface area contributed by atoms with Gasteiger partial charge in [0.1, 0.15) is 5.75 Å². The molecule has 0 radical (unpaired) electrons. The number of aryl methyl sites for hydroxylation is 1. The normalized spacial score (nSPS) is 13.5. The molecule has 0 atom stereocenters. The first kappa shape index (κ1) is 22.7. The van der Waals surface area contributed by atoms with E-state index in [2.05, 4.69) is 10.2 Å². The van der Waals surface area contributed by atoms with Crippen molar-refractivity contribution in [2.24, 2.45) is 0 Å². The van der Waals surface area contributed by atoms with Gasteiger partial charge in [-0.2, -0.15) is 0 Å². The van der Waals surface area contributed by atoms with Crippen LogP contribution in [0.1, 0.15) is 15.9 Å². The molecule has 0 aliphatic carbocycles. The van der Waals surface area contributed by atoms with Crippen LogP contribution in [0.5, 0.6) is 5.75 Å². The number of rotatable bonds is 6. The standard InChI is InChI=1S/C26H26ClN3O3/c1-19-6-2-5-9-24(19)33-18-25(31)28-22-7-3-4-8-23(22)29-14-16-30(17-15-29)26(32)20-10-12-21(27)13-11-20/h2-13H,14-18H2,1H3,(H,28,31). The summed E-state index contributed by atoms with van der Waals surface area (Å²) in [5.41, 5.74) is 3.28. The van der Waals surface area contributed by atoms with E-state index in [0.29, 0.717) is 42.5 Å². The SMILES string of the molecule is Cc1ccccc1OCC(=O)Nc1ccccc1N1CCN(C(=O)c2ccc(Cl)cc2)CC1. The van der Waals surface area contributed by atoms with Gasteiger partial charge in [0, 0.05) is 36.8 Å². The average molecular weight is 464 g/mol. The summed E-state index contributed by atoms with van der Waals surface area (Å²) in [6.07, 6.45) is 0. The molecule has 1 aliphatic rings. The first-order chi connectivity index (χ1) is 16.0. The second-order valence-corrected chi connectivity index (χ2v) is 8.34. The number of amides is 2. The smallest absolute Gasteiger partial charge is 0.262 e. The van der Waals surface area contributed by atoms with Crippen molar-refractivity contribution in [3.05, 3.63) is 88.9 Å². The number of nitrogens with zero attached hydrogens (tertiary/aromatic N) is 2. The number of ether oxygens (including phenoxy) is 1. The lowest BCUT2D eigenvalue weighted by Gasteiger charge is -2.37. The lowest BCUT2D eigenvalue weighted by Crippen LogP contribution is -2.49. The topological polar surface area (TPSA) is 61.9 Å². The maximum absolute atomic E-state index is 12.8. The molecule has 170 valence electrons. The molecular formula is C26H26ClN3O3. The van der Waals surface area contributed by atoms with Crippen molar-refractivity contribution in [1.82, 2.24) is 4.90 Å². The summed E-state index contributed by atoms with van der Waals surface area (Å²) in [6, 6.07) is 22.3. The molecule has 0 spiro atoms. The zero-order valence-corrected chi connectivity index (χ0v) is 19.2. The van der Waals surface area contributed by atoms with Crippen LogP contribution in [0.2, 0.25) is 5.02 Å². The van der Waals surface area contributed by atoms with Crippen LogP contribution < -0.4 is 15.0 Å². The van der Waals surface area contributed by atoms with Crippen molar-refractivity contribution in [2.75, 3.05) is 43.0 Å². The number of piperazine rings is 1. The number of hydrogen-bond donors (Lipinski definition) is 1. The Morgan fingerprint density at radius 2 is 1.58 bits per heavy atom. The molecule has 1 N–H and O–H groups in total. The third-order valence-corrected chi connectivity index (χ3v) is 5.88. The summed E-state index contributed by atoms with van der Waals surface area (Å²) in [7, 11) is 0. The molecule has 33 heavy (non-hydrogen) atoms. The maximum Gasteiger partial charge on any atom is 0.262 e. The Balaban J connectivity index is 1.35. The van der Waals surface area contributed by atoms with Gasteiger partial charge in [0.25, 0.3) is 11.8 Å². The highest BCUT2D eigenvalue weighted by Crippen LogP contribution is 2.27. The molecule has 3 aromatic carbocycles. The number of carbonyl (C=O) groups is 2. The molecule has 3 aromatic rings. The quantitative estimate of drug-likeness (QED) is 0.579. The number of nitrogens with one attached hydrogen (secondary N) is 1. The van der Waals surface area contributed by atoms with Crippen LogP contribution in [-0.2, 0) is 4.79 Å². The number of carbonyl (C=O) groups excluding carboxylic acids is 2. The minimum atomic E-state index is -0.220. The molecule has 1 fully saturated rings. The number of anilines is 2. The summed E-state index contributed by atoms with van der Waals surface area (Å²) in [5, 5.41) is 3.57. The lowest BCUT2D eigenvalue weighted by atomic mass is 10.1. The molecule has 1 saturated heterocycles. The van der Waals surface area contributed by atoms with E-state index in [-0.39, 0.29) is 18.4 Å². The molecule has 4 rings (SSSR count). The largest absolute Gasteiger partial charge is 0.483 e. The predicted octanol–water partition coefficient (Wildman–Crippen LogP) is 4.63. The molecule has 1 aliphatic heterocycles. The van der Waals surface area contributed by atoms with E-state index in [0.717, 1.165) is 16.9 Å². The van der Waals surface area contributed by atoms with Gasteiger partial charge in [0.2, 0.25) is 0 Å². The zero-order valence-electron chi connectivity index (χ0n) is 18.5. The van der Waals surface area contributed by atoms with E-state index >= 15 is 0 Å². The fourth-order valence-corrected chi connectivity index (χ4v) is 3.95. The summed E-state index contributed by atoms with van der Waals surface area (Å²) >= 11 is 5.93.